The molecule has 0 aromatic heterocycles. The Kier molecular flexibility index (Phi) is 3.13. The maximum absolute atomic E-state index is 11.8. The summed E-state index contributed by atoms with van der Waals surface area (Å²) in [5, 5.41) is 0. The minimum absolute atomic E-state index is 0.248. The fraction of sp³-hybridized carbons (Fsp3) is 0.667. The third kappa shape index (κ3) is 1.72. The summed E-state index contributed by atoms with van der Waals surface area (Å²) in [5.74, 6) is -1.07. The van der Waals surface area contributed by atoms with E-state index in [1.807, 2.05) is 13.8 Å². The van der Waals surface area contributed by atoms with Crippen LogP contribution in [-0.4, -0.2) is 26.2 Å². The average molecular weight is 226 g/mol. The number of ether oxygens (including phenoxy) is 2. The standard InChI is InChI=1S/C12H18O4/c1-8-6-12(9(13)15-4,10(14)16-5)7-11(8,2)3/h1,6-7H2,2-5H3. The van der Waals surface area contributed by atoms with Crippen molar-refractivity contribution < 1.29 is 19.1 Å². The van der Waals surface area contributed by atoms with E-state index < -0.39 is 17.4 Å². The van der Waals surface area contributed by atoms with Crippen LogP contribution in [0.2, 0.25) is 0 Å². The van der Waals surface area contributed by atoms with E-state index in [9.17, 15) is 9.59 Å². The van der Waals surface area contributed by atoms with Crippen LogP contribution in [0.1, 0.15) is 26.7 Å². The predicted molar refractivity (Wildman–Crippen MR) is 58.6 cm³/mol. The van der Waals surface area contributed by atoms with Crippen LogP contribution in [0.4, 0.5) is 0 Å². The Bertz CT molecular complexity index is 325. The highest BCUT2D eigenvalue weighted by Crippen LogP contribution is 2.53. The zero-order chi connectivity index (χ0) is 12.6. The third-order valence-electron chi connectivity index (χ3n) is 3.37. The molecule has 0 bridgehead atoms. The largest absolute Gasteiger partial charge is 0.468 e. The molecular formula is C12H18O4. The lowest BCUT2D eigenvalue weighted by molar-refractivity contribution is -0.169. The molecule has 0 aromatic rings. The molecule has 0 unspecified atom stereocenters. The molecule has 0 aliphatic heterocycles. The minimum atomic E-state index is -1.20. The quantitative estimate of drug-likeness (QED) is 0.408. The van der Waals surface area contributed by atoms with Crippen LogP contribution in [-0.2, 0) is 19.1 Å². The molecule has 4 nitrogen and oxygen atoms in total. The summed E-state index contributed by atoms with van der Waals surface area (Å²) in [6.07, 6.45) is 0.692. The second kappa shape index (κ2) is 3.92. The fourth-order valence-corrected chi connectivity index (χ4v) is 2.31. The number of hydrogen-bond acceptors (Lipinski definition) is 4. The molecule has 0 aromatic carbocycles. The van der Waals surface area contributed by atoms with Gasteiger partial charge in [0.1, 0.15) is 0 Å². The normalized spacial score (nSPS) is 21.6. The number of carbonyl (C=O) groups is 2. The van der Waals surface area contributed by atoms with Crippen LogP contribution in [0.3, 0.4) is 0 Å². The van der Waals surface area contributed by atoms with Gasteiger partial charge in [0.2, 0.25) is 0 Å². The van der Waals surface area contributed by atoms with Gasteiger partial charge in [0.15, 0.2) is 5.41 Å². The molecule has 0 atom stereocenters. The molecule has 4 heteroatoms. The van der Waals surface area contributed by atoms with E-state index in [1.54, 1.807) is 0 Å². The van der Waals surface area contributed by atoms with Crippen molar-refractivity contribution in [3.8, 4) is 0 Å². The van der Waals surface area contributed by atoms with Crippen LogP contribution >= 0.6 is 0 Å². The summed E-state index contributed by atoms with van der Waals surface area (Å²) < 4.78 is 9.44. The van der Waals surface area contributed by atoms with E-state index in [0.29, 0.717) is 12.8 Å². The zero-order valence-electron chi connectivity index (χ0n) is 10.3. The first-order chi connectivity index (χ1) is 7.30. The molecule has 0 N–H and O–H groups in total. The molecule has 0 radical (unpaired) electrons. The molecule has 16 heavy (non-hydrogen) atoms. The molecule has 1 fully saturated rings. The number of methoxy groups -OCH3 is 2. The molecule has 90 valence electrons. The van der Waals surface area contributed by atoms with Crippen molar-refractivity contribution in [3.63, 3.8) is 0 Å². The van der Waals surface area contributed by atoms with Crippen LogP contribution in [0.5, 0.6) is 0 Å². The summed E-state index contributed by atoms with van der Waals surface area (Å²) in [6.45, 7) is 7.84. The molecule has 0 heterocycles. The van der Waals surface area contributed by atoms with Crippen LogP contribution in [0.15, 0.2) is 12.2 Å². The summed E-state index contributed by atoms with van der Waals surface area (Å²) in [4.78, 5) is 23.6. The van der Waals surface area contributed by atoms with Gasteiger partial charge in [-0.1, -0.05) is 26.0 Å². The first-order valence-corrected chi connectivity index (χ1v) is 5.15. The number of carbonyl (C=O) groups excluding carboxylic acids is 2. The number of esters is 2. The highest BCUT2D eigenvalue weighted by molar-refractivity contribution is 6.01. The van der Waals surface area contributed by atoms with Gasteiger partial charge in [-0.2, -0.15) is 0 Å². The van der Waals surface area contributed by atoms with Gasteiger partial charge >= 0.3 is 11.9 Å². The molecule has 1 saturated carbocycles. The predicted octanol–water partition coefficient (Wildman–Crippen LogP) is 1.70. The lowest BCUT2D eigenvalue weighted by atomic mass is 9.81. The van der Waals surface area contributed by atoms with E-state index in [0.717, 1.165) is 5.57 Å². The van der Waals surface area contributed by atoms with Gasteiger partial charge in [0.25, 0.3) is 0 Å². The second-order valence-electron chi connectivity index (χ2n) is 4.91. The smallest absolute Gasteiger partial charge is 0.323 e. The van der Waals surface area contributed by atoms with Crippen LogP contribution < -0.4 is 0 Å². The molecule has 0 amide bonds. The van der Waals surface area contributed by atoms with Crippen molar-refractivity contribution in [1.82, 2.24) is 0 Å². The minimum Gasteiger partial charge on any atom is -0.468 e. The Labute approximate surface area is 95.6 Å². The van der Waals surface area contributed by atoms with Gasteiger partial charge in [0, 0.05) is 0 Å². The van der Waals surface area contributed by atoms with E-state index in [1.165, 1.54) is 14.2 Å². The second-order valence-corrected chi connectivity index (χ2v) is 4.91. The van der Waals surface area contributed by atoms with Crippen molar-refractivity contribution in [3.05, 3.63) is 12.2 Å². The van der Waals surface area contributed by atoms with E-state index in [-0.39, 0.29) is 5.41 Å². The molecular weight excluding hydrogens is 208 g/mol. The molecule has 1 rings (SSSR count). The molecule has 1 aliphatic rings. The van der Waals surface area contributed by atoms with Crippen molar-refractivity contribution in [2.75, 3.05) is 14.2 Å². The number of allylic oxidation sites excluding steroid dienone is 1. The van der Waals surface area contributed by atoms with Gasteiger partial charge in [-0.15, -0.1) is 0 Å². The average Bonchev–Trinajstić information content (AvgIpc) is 2.48. The highest BCUT2D eigenvalue weighted by Gasteiger charge is 2.57. The number of rotatable bonds is 2. The van der Waals surface area contributed by atoms with Crippen molar-refractivity contribution in [1.29, 1.82) is 0 Å². The zero-order valence-corrected chi connectivity index (χ0v) is 10.3. The molecule has 0 spiro atoms. The maximum Gasteiger partial charge on any atom is 0.323 e. The first-order valence-electron chi connectivity index (χ1n) is 5.15. The van der Waals surface area contributed by atoms with Crippen molar-refractivity contribution in [2.45, 2.75) is 26.7 Å². The highest BCUT2D eigenvalue weighted by atomic mass is 16.5. The van der Waals surface area contributed by atoms with Gasteiger partial charge in [-0.25, -0.2) is 0 Å². The fourth-order valence-electron chi connectivity index (χ4n) is 2.31. The Morgan fingerprint density at radius 1 is 1.19 bits per heavy atom. The lowest BCUT2D eigenvalue weighted by Gasteiger charge is -2.24. The van der Waals surface area contributed by atoms with Crippen molar-refractivity contribution in [2.24, 2.45) is 10.8 Å². The van der Waals surface area contributed by atoms with E-state index in [2.05, 4.69) is 6.58 Å². The van der Waals surface area contributed by atoms with Crippen LogP contribution in [0, 0.1) is 10.8 Å². The summed E-state index contributed by atoms with van der Waals surface area (Å²) in [6, 6.07) is 0. The monoisotopic (exact) mass is 226 g/mol. The Morgan fingerprint density at radius 3 is 1.88 bits per heavy atom. The van der Waals surface area contributed by atoms with E-state index >= 15 is 0 Å². The summed E-state index contributed by atoms with van der Waals surface area (Å²) >= 11 is 0. The Morgan fingerprint density at radius 2 is 1.62 bits per heavy atom. The molecule has 1 aliphatic carbocycles. The Balaban J connectivity index is 3.15. The van der Waals surface area contributed by atoms with Gasteiger partial charge in [-0.05, 0) is 18.3 Å². The maximum atomic E-state index is 11.8. The van der Waals surface area contributed by atoms with Crippen LogP contribution in [0.25, 0.3) is 0 Å². The lowest BCUT2D eigenvalue weighted by Crippen LogP contribution is -2.39. The van der Waals surface area contributed by atoms with Gasteiger partial charge in [-0.3, -0.25) is 9.59 Å². The molecule has 0 saturated heterocycles. The number of hydrogen-bond donors (Lipinski definition) is 0. The first kappa shape index (κ1) is 12.7. The summed E-state index contributed by atoms with van der Waals surface area (Å²) in [5.41, 5.74) is -0.574. The van der Waals surface area contributed by atoms with Gasteiger partial charge < -0.3 is 9.47 Å². The van der Waals surface area contributed by atoms with E-state index in [4.69, 9.17) is 9.47 Å². The topological polar surface area (TPSA) is 52.6 Å². The SMILES string of the molecule is C=C1CC(C(=O)OC)(C(=O)OC)CC1(C)C. The third-order valence-corrected chi connectivity index (χ3v) is 3.37. The van der Waals surface area contributed by atoms with Crippen molar-refractivity contribution >= 4 is 11.9 Å². The van der Waals surface area contributed by atoms with Gasteiger partial charge in [0.05, 0.1) is 14.2 Å². The Hall–Kier alpha value is -1.32. The summed E-state index contributed by atoms with van der Waals surface area (Å²) in [7, 11) is 2.56.